The van der Waals surface area contributed by atoms with E-state index >= 15 is 0 Å². The van der Waals surface area contributed by atoms with Crippen LogP contribution in [-0.2, 0) is 26.2 Å². The average Bonchev–Trinajstić information content (AvgIpc) is 3.45. The summed E-state index contributed by atoms with van der Waals surface area (Å²) in [5.41, 5.74) is 0.441. The zero-order chi connectivity index (χ0) is 26.3. The number of primary sulfonamides is 1. The van der Waals surface area contributed by atoms with Crippen LogP contribution in [0.3, 0.4) is 0 Å². The van der Waals surface area contributed by atoms with E-state index in [1.54, 1.807) is 18.2 Å². The van der Waals surface area contributed by atoms with E-state index in [0.29, 0.717) is 17.1 Å². The molecule has 0 radical (unpaired) electrons. The second-order valence-corrected chi connectivity index (χ2v) is 9.99. The van der Waals surface area contributed by atoms with Crippen molar-refractivity contribution in [1.82, 2.24) is 4.90 Å². The van der Waals surface area contributed by atoms with E-state index in [-0.39, 0.29) is 35.9 Å². The highest BCUT2D eigenvalue weighted by atomic mass is 32.2. The Morgan fingerprint density at radius 1 is 1.03 bits per heavy atom. The maximum absolute atomic E-state index is 14.5. The largest absolute Gasteiger partial charge is 0.454 e. The van der Waals surface area contributed by atoms with Crippen molar-refractivity contribution in [3.05, 3.63) is 83.7 Å². The molecule has 10 nitrogen and oxygen atoms in total. The standard InChI is InChI=1S/C25H20FN3O7S/c26-19-4-2-1-3-18(19)24(31)28(13-15-5-10-21-22(11-15)36-14-35-21)20-12-23(30)29(25(20)32)16-6-8-17(9-7-16)37(27,33)34/h1-11,20H,12-14H2,(H2,27,33,34). The molecule has 3 aromatic rings. The minimum atomic E-state index is -3.98. The van der Waals surface area contributed by atoms with Gasteiger partial charge in [0.05, 0.1) is 22.6 Å². The Bertz CT molecular complexity index is 1530. The van der Waals surface area contributed by atoms with Crippen molar-refractivity contribution in [2.24, 2.45) is 5.14 Å². The van der Waals surface area contributed by atoms with Crippen LogP contribution in [-0.4, -0.2) is 43.9 Å². The van der Waals surface area contributed by atoms with Gasteiger partial charge in [0.1, 0.15) is 11.9 Å². The molecule has 0 spiro atoms. The van der Waals surface area contributed by atoms with Crippen molar-refractivity contribution in [3.63, 3.8) is 0 Å². The van der Waals surface area contributed by atoms with Gasteiger partial charge in [0, 0.05) is 6.54 Å². The molecule has 1 saturated heterocycles. The average molecular weight is 526 g/mol. The normalized spacial score (nSPS) is 16.8. The molecule has 3 aromatic carbocycles. The van der Waals surface area contributed by atoms with Crippen LogP contribution in [0.1, 0.15) is 22.3 Å². The molecule has 5 rings (SSSR count). The number of fused-ring (bicyclic) bond motifs is 1. The van der Waals surface area contributed by atoms with E-state index in [0.717, 1.165) is 15.9 Å². The number of nitrogens with two attached hydrogens (primary N) is 1. The van der Waals surface area contributed by atoms with Gasteiger partial charge in [-0.3, -0.25) is 14.4 Å². The molecule has 0 saturated carbocycles. The van der Waals surface area contributed by atoms with Crippen molar-refractivity contribution < 1.29 is 36.7 Å². The lowest BCUT2D eigenvalue weighted by Crippen LogP contribution is -2.45. The first-order valence-electron chi connectivity index (χ1n) is 11.1. The van der Waals surface area contributed by atoms with Crippen molar-refractivity contribution in [2.45, 2.75) is 23.9 Å². The van der Waals surface area contributed by atoms with E-state index < -0.39 is 39.6 Å². The van der Waals surface area contributed by atoms with Crippen LogP contribution in [0.2, 0.25) is 0 Å². The minimum Gasteiger partial charge on any atom is -0.454 e. The van der Waals surface area contributed by atoms with Crippen LogP contribution >= 0.6 is 0 Å². The lowest BCUT2D eigenvalue weighted by atomic mass is 10.1. The third-order valence-corrected chi connectivity index (χ3v) is 7.01. The molecular formula is C25H20FN3O7S. The summed E-state index contributed by atoms with van der Waals surface area (Å²) < 4.78 is 48.4. The number of carbonyl (C=O) groups excluding carboxylic acids is 3. The highest BCUT2D eigenvalue weighted by Crippen LogP contribution is 2.34. The van der Waals surface area contributed by atoms with Crippen LogP contribution in [0.4, 0.5) is 10.1 Å². The van der Waals surface area contributed by atoms with E-state index in [1.807, 2.05) is 0 Å². The summed E-state index contributed by atoms with van der Waals surface area (Å²) in [5, 5.41) is 5.12. The first kappa shape index (κ1) is 24.4. The topological polar surface area (TPSA) is 136 Å². The molecule has 190 valence electrons. The molecule has 2 aliphatic heterocycles. The second-order valence-electron chi connectivity index (χ2n) is 8.43. The third kappa shape index (κ3) is 4.63. The monoisotopic (exact) mass is 525 g/mol. The van der Waals surface area contributed by atoms with Gasteiger partial charge < -0.3 is 14.4 Å². The number of sulfonamides is 1. The Morgan fingerprint density at radius 3 is 2.43 bits per heavy atom. The smallest absolute Gasteiger partial charge is 0.257 e. The molecule has 37 heavy (non-hydrogen) atoms. The van der Waals surface area contributed by atoms with E-state index in [1.165, 1.54) is 42.5 Å². The molecule has 1 unspecified atom stereocenters. The quantitative estimate of drug-likeness (QED) is 0.487. The molecule has 0 bridgehead atoms. The molecule has 1 fully saturated rings. The summed E-state index contributed by atoms with van der Waals surface area (Å²) in [6, 6.07) is 14.0. The summed E-state index contributed by atoms with van der Waals surface area (Å²) in [5.74, 6) is -1.86. The van der Waals surface area contributed by atoms with Gasteiger partial charge in [0.2, 0.25) is 22.7 Å². The molecule has 12 heteroatoms. The maximum Gasteiger partial charge on any atom is 0.257 e. The van der Waals surface area contributed by atoms with Crippen LogP contribution < -0.4 is 19.5 Å². The van der Waals surface area contributed by atoms with Crippen LogP contribution in [0.5, 0.6) is 11.5 Å². The molecule has 2 N–H and O–H groups in total. The van der Waals surface area contributed by atoms with Gasteiger partial charge in [0.15, 0.2) is 11.5 Å². The predicted octanol–water partition coefficient (Wildman–Crippen LogP) is 2.18. The van der Waals surface area contributed by atoms with Crippen molar-refractivity contribution in [2.75, 3.05) is 11.7 Å². The van der Waals surface area contributed by atoms with Gasteiger partial charge in [-0.15, -0.1) is 0 Å². The number of imide groups is 1. The number of halogens is 1. The number of nitrogens with zero attached hydrogens (tertiary/aromatic N) is 2. The fraction of sp³-hybridized carbons (Fsp3) is 0.160. The zero-order valence-electron chi connectivity index (χ0n) is 19.2. The fourth-order valence-electron chi connectivity index (χ4n) is 4.26. The maximum atomic E-state index is 14.5. The number of amides is 3. The predicted molar refractivity (Wildman–Crippen MR) is 128 cm³/mol. The van der Waals surface area contributed by atoms with Gasteiger partial charge in [-0.2, -0.15) is 0 Å². The molecule has 3 amide bonds. The molecule has 1 atom stereocenters. The Balaban J connectivity index is 1.49. The number of rotatable bonds is 6. The zero-order valence-corrected chi connectivity index (χ0v) is 20.0. The van der Waals surface area contributed by atoms with Crippen molar-refractivity contribution in [1.29, 1.82) is 0 Å². The van der Waals surface area contributed by atoms with E-state index in [4.69, 9.17) is 14.6 Å². The summed E-state index contributed by atoms with van der Waals surface area (Å²) in [6.45, 7) is -0.0723. The van der Waals surface area contributed by atoms with Gasteiger partial charge in [0.25, 0.3) is 11.8 Å². The second kappa shape index (κ2) is 9.30. The molecular weight excluding hydrogens is 505 g/mol. The number of hydrogen-bond donors (Lipinski definition) is 1. The van der Waals surface area contributed by atoms with E-state index in [2.05, 4.69) is 0 Å². The highest BCUT2D eigenvalue weighted by Gasteiger charge is 2.45. The Kier molecular flexibility index (Phi) is 6.13. The lowest BCUT2D eigenvalue weighted by molar-refractivity contribution is -0.122. The molecule has 2 heterocycles. The highest BCUT2D eigenvalue weighted by molar-refractivity contribution is 7.89. The van der Waals surface area contributed by atoms with Gasteiger partial charge in [-0.1, -0.05) is 18.2 Å². The number of benzene rings is 3. The first-order valence-corrected chi connectivity index (χ1v) is 12.6. The number of ether oxygens (including phenoxy) is 2. The number of hydrogen-bond acceptors (Lipinski definition) is 7. The van der Waals surface area contributed by atoms with Crippen molar-refractivity contribution in [3.8, 4) is 11.5 Å². The molecule has 2 aliphatic rings. The van der Waals surface area contributed by atoms with Gasteiger partial charge in [-0.25, -0.2) is 22.8 Å². The van der Waals surface area contributed by atoms with E-state index in [9.17, 15) is 27.2 Å². The summed E-state index contributed by atoms with van der Waals surface area (Å²) >= 11 is 0. The summed E-state index contributed by atoms with van der Waals surface area (Å²) in [4.78, 5) is 41.7. The Hall–Kier alpha value is -4.29. The van der Waals surface area contributed by atoms with Crippen LogP contribution in [0.25, 0.3) is 0 Å². The first-order chi connectivity index (χ1) is 17.6. The Morgan fingerprint density at radius 2 is 1.73 bits per heavy atom. The van der Waals surface area contributed by atoms with Gasteiger partial charge >= 0.3 is 0 Å². The van der Waals surface area contributed by atoms with Crippen molar-refractivity contribution >= 4 is 33.4 Å². The lowest BCUT2D eigenvalue weighted by Gasteiger charge is -2.28. The molecule has 0 aliphatic carbocycles. The summed E-state index contributed by atoms with van der Waals surface area (Å²) in [6.07, 6.45) is -0.347. The fourth-order valence-corrected chi connectivity index (χ4v) is 4.78. The third-order valence-electron chi connectivity index (χ3n) is 6.08. The SMILES string of the molecule is NS(=O)(=O)c1ccc(N2C(=O)CC(N(Cc3ccc4c(c3)OCO4)C(=O)c3ccccc3F)C2=O)cc1. The Labute approximate surface area is 211 Å². The summed E-state index contributed by atoms with van der Waals surface area (Å²) in [7, 11) is -3.98. The minimum absolute atomic E-state index is 0.0471. The number of carbonyl (C=O) groups is 3. The number of anilines is 1. The van der Waals surface area contributed by atoms with Crippen LogP contribution in [0, 0.1) is 5.82 Å². The molecule has 0 aromatic heterocycles. The van der Waals surface area contributed by atoms with Crippen LogP contribution in [0.15, 0.2) is 71.6 Å². The van der Waals surface area contributed by atoms with Gasteiger partial charge in [-0.05, 0) is 54.1 Å².